The average Bonchev–Trinajstić information content (AvgIpc) is 2.67. The fraction of sp³-hybridized carbons (Fsp3) is 0.312. The van der Waals surface area contributed by atoms with Crippen LogP contribution < -0.4 is 10.6 Å². The van der Waals surface area contributed by atoms with Crippen LogP contribution in [-0.2, 0) is 11.3 Å². The number of morpholine rings is 1. The van der Waals surface area contributed by atoms with Crippen molar-refractivity contribution in [3.05, 3.63) is 42.9 Å². The van der Waals surface area contributed by atoms with Crippen molar-refractivity contribution in [1.29, 1.82) is 0 Å². The Labute approximate surface area is 170 Å². The van der Waals surface area contributed by atoms with Crippen molar-refractivity contribution in [3.63, 3.8) is 0 Å². The van der Waals surface area contributed by atoms with Crippen molar-refractivity contribution in [2.45, 2.75) is 6.54 Å². The van der Waals surface area contributed by atoms with Crippen molar-refractivity contribution in [1.82, 2.24) is 15.2 Å². The molecule has 9 heteroatoms. The summed E-state index contributed by atoms with van der Waals surface area (Å²) in [5.41, 5.74) is 8.00. The minimum absolute atomic E-state index is 0.370. The number of aliphatic imine (C=N–C) groups is 1. The van der Waals surface area contributed by atoms with E-state index in [1.165, 1.54) is 0 Å². The number of hydrogen-bond acceptors (Lipinski definition) is 6. The highest BCUT2D eigenvalue weighted by molar-refractivity contribution is 14.2. The Morgan fingerprint density at radius 3 is 2.92 bits per heavy atom. The van der Waals surface area contributed by atoms with Crippen molar-refractivity contribution in [2.75, 3.05) is 31.2 Å². The van der Waals surface area contributed by atoms with E-state index in [2.05, 4.69) is 58.2 Å². The molecule has 1 saturated heterocycles. The van der Waals surface area contributed by atoms with Crippen LogP contribution in [0.15, 0.2) is 29.5 Å². The Hall–Kier alpha value is -1.21. The maximum atomic E-state index is 6.15. The zero-order valence-corrected chi connectivity index (χ0v) is 17.8. The summed E-state index contributed by atoms with van der Waals surface area (Å²) in [4.78, 5) is 11.4. The quantitative estimate of drug-likeness (QED) is 0.339. The van der Waals surface area contributed by atoms with Crippen LogP contribution in [0.5, 0.6) is 0 Å². The van der Waals surface area contributed by atoms with Gasteiger partial charge >= 0.3 is 0 Å². The van der Waals surface area contributed by atoms with E-state index < -0.39 is 0 Å². The number of nitrogens with two attached hydrogens (primary N) is 1. The Balaban J connectivity index is 1.83. The smallest absolute Gasteiger partial charge is 0.133 e. The van der Waals surface area contributed by atoms with E-state index in [1.54, 1.807) is 6.20 Å². The molecule has 0 unspecified atom stereocenters. The van der Waals surface area contributed by atoms with Crippen LogP contribution in [0.2, 0.25) is 0 Å². The van der Waals surface area contributed by atoms with Crippen LogP contribution in [0.1, 0.15) is 11.1 Å². The summed E-state index contributed by atoms with van der Waals surface area (Å²) in [5, 5.41) is 8.02. The molecule has 2 N–H and O–H groups in total. The minimum Gasteiger partial charge on any atom is -0.383 e. The Bertz CT molecular complexity index is 792. The monoisotopic (exact) mass is 564 g/mol. The third-order valence-electron chi connectivity index (χ3n) is 3.70. The zero-order valence-electron chi connectivity index (χ0n) is 13.5. The highest BCUT2D eigenvalue weighted by atomic mass is 127. The number of halogens is 2. The number of nitrogens with zero attached hydrogens (tertiary/aromatic N) is 5. The van der Waals surface area contributed by atoms with E-state index in [-0.39, 0.29) is 20.7 Å². The maximum absolute atomic E-state index is 6.15. The molecule has 3 heterocycles. The van der Waals surface area contributed by atoms with Gasteiger partial charge in [-0.25, -0.2) is 4.98 Å². The van der Waals surface area contributed by atoms with Crippen LogP contribution in [0.3, 0.4) is 0 Å². The second kappa shape index (κ2) is 8.94. The lowest BCUT2D eigenvalue weighted by atomic mass is 10.2. The van der Waals surface area contributed by atoms with Crippen molar-refractivity contribution in [3.8, 4) is 0 Å². The summed E-state index contributed by atoms with van der Waals surface area (Å²) < 4.78 is 11.3. The predicted molar refractivity (Wildman–Crippen MR) is 116 cm³/mol. The van der Waals surface area contributed by atoms with Gasteiger partial charge in [-0.15, -0.1) is 5.10 Å². The van der Waals surface area contributed by atoms with Gasteiger partial charge in [-0.05, 0) is 34.7 Å². The molecule has 0 saturated carbocycles. The van der Waals surface area contributed by atoms with Gasteiger partial charge in [-0.3, -0.25) is 4.99 Å². The van der Waals surface area contributed by atoms with E-state index in [1.807, 2.05) is 12.3 Å². The maximum Gasteiger partial charge on any atom is 0.133 e. The lowest BCUT2D eigenvalue weighted by Gasteiger charge is -2.29. The molecule has 132 valence electrons. The molecule has 0 amide bonds. The highest BCUT2D eigenvalue weighted by Gasteiger charge is 2.16. The molecule has 7 nitrogen and oxygen atoms in total. The van der Waals surface area contributed by atoms with E-state index in [0.29, 0.717) is 12.4 Å². The first-order valence-electron chi connectivity index (χ1n) is 7.66. The third kappa shape index (κ3) is 4.91. The fourth-order valence-corrected chi connectivity index (χ4v) is 3.81. The van der Waals surface area contributed by atoms with Gasteiger partial charge in [0, 0.05) is 34.0 Å². The number of amidine groups is 1. The first-order chi connectivity index (χ1) is 12.2. The van der Waals surface area contributed by atoms with Crippen LogP contribution >= 0.6 is 43.3 Å². The van der Waals surface area contributed by atoms with E-state index in [4.69, 9.17) is 10.5 Å². The first kappa shape index (κ1) is 18.6. The summed E-state index contributed by atoms with van der Waals surface area (Å²) in [7, 11) is 0. The first-order valence-corrected chi connectivity index (χ1v) is 11.3. The van der Waals surface area contributed by atoms with Crippen LogP contribution in [0.4, 0.5) is 5.82 Å². The molecule has 3 rings (SSSR count). The molecule has 1 fully saturated rings. The zero-order chi connectivity index (χ0) is 17.6. The summed E-state index contributed by atoms with van der Waals surface area (Å²) in [6.45, 7) is 3.59. The fourth-order valence-electron chi connectivity index (χ4n) is 2.46. The van der Waals surface area contributed by atoms with Gasteiger partial charge < -0.3 is 15.4 Å². The average molecular weight is 564 g/mol. The number of aromatic nitrogens is 3. The standard InChI is InChI=1S/C16H18I2N6O/c1-18-14-7-11(9-22-23-14)15(19)20-8-12-6-13(17)10-21-16(12)24-2-4-25-5-3-24/h6-7,9-10H,1-5,8H2,(H2,19,20). The van der Waals surface area contributed by atoms with Crippen molar-refractivity contribution >= 4 is 59.5 Å². The van der Waals surface area contributed by atoms with Gasteiger partial charge in [-0.1, -0.05) is 25.2 Å². The molecule has 0 radical (unpaired) electrons. The summed E-state index contributed by atoms with van der Waals surface area (Å²) in [5.74, 6) is 1.41. The molecule has 0 bridgehead atoms. The molecule has 0 atom stereocenters. The second-order valence-corrected chi connectivity index (χ2v) is 8.45. The van der Waals surface area contributed by atoms with E-state index in [9.17, 15) is 0 Å². The number of pyridine rings is 1. The second-order valence-electron chi connectivity index (χ2n) is 5.34. The van der Waals surface area contributed by atoms with Gasteiger partial charge in [0.1, 0.15) is 15.4 Å². The molecule has 0 spiro atoms. The van der Waals surface area contributed by atoms with Gasteiger partial charge in [0.25, 0.3) is 0 Å². The normalized spacial score (nSPS) is 15.4. The molecule has 0 aromatic carbocycles. The predicted octanol–water partition coefficient (Wildman–Crippen LogP) is 1.79. The number of rotatable bonds is 5. The van der Waals surface area contributed by atoms with Crippen molar-refractivity contribution < 1.29 is 4.74 Å². The molecule has 2 aromatic heterocycles. The lowest BCUT2D eigenvalue weighted by molar-refractivity contribution is 0.122. The summed E-state index contributed by atoms with van der Waals surface area (Å²) in [6.07, 6.45) is 3.51. The Kier molecular flexibility index (Phi) is 6.64. The Morgan fingerprint density at radius 2 is 2.16 bits per heavy atom. The third-order valence-corrected chi connectivity index (χ3v) is 5.60. The minimum atomic E-state index is -0.370. The highest BCUT2D eigenvalue weighted by Crippen LogP contribution is 2.22. The van der Waals surface area contributed by atoms with E-state index >= 15 is 0 Å². The van der Waals surface area contributed by atoms with Crippen LogP contribution in [-0.4, -0.2) is 51.8 Å². The molecule has 2 aromatic rings. The van der Waals surface area contributed by atoms with Crippen LogP contribution in [0.25, 0.3) is 0 Å². The lowest BCUT2D eigenvalue weighted by Crippen LogP contribution is -2.37. The van der Waals surface area contributed by atoms with Crippen molar-refractivity contribution in [2.24, 2.45) is 10.7 Å². The molecule has 1 aliphatic rings. The number of ether oxygens (including phenoxy) is 1. The largest absolute Gasteiger partial charge is 0.383 e. The van der Waals surface area contributed by atoms with Gasteiger partial charge in [0.15, 0.2) is 0 Å². The molecule has 25 heavy (non-hydrogen) atoms. The topological polar surface area (TPSA) is 89.5 Å². The SMILES string of the molecule is C=Ic1cc(C(N)=NCc2cc(I)cnc2N2CCOCC2)cnn1. The van der Waals surface area contributed by atoms with Gasteiger partial charge in [0.05, 0.1) is 26.0 Å². The number of hydrogen-bond donors (Lipinski definition) is 1. The number of anilines is 1. The summed E-state index contributed by atoms with van der Waals surface area (Å²) in [6, 6.07) is 4.02. The summed E-state index contributed by atoms with van der Waals surface area (Å²) >= 11 is 1.89. The molecular weight excluding hydrogens is 546 g/mol. The molecule has 1 aliphatic heterocycles. The van der Waals surface area contributed by atoms with E-state index in [0.717, 1.165) is 50.5 Å². The van der Waals surface area contributed by atoms with Crippen LogP contribution in [0, 0.1) is 7.27 Å². The molecule has 0 aliphatic carbocycles. The molecular formula is C16H18I2N6O. The van der Waals surface area contributed by atoms with Gasteiger partial charge in [0.2, 0.25) is 0 Å². The van der Waals surface area contributed by atoms with Gasteiger partial charge in [-0.2, -0.15) is 5.10 Å². The Morgan fingerprint density at radius 1 is 1.36 bits per heavy atom.